The van der Waals surface area contributed by atoms with Crippen molar-refractivity contribution in [2.24, 2.45) is 5.92 Å². The van der Waals surface area contributed by atoms with Crippen molar-refractivity contribution in [2.75, 3.05) is 33.3 Å². The topological polar surface area (TPSA) is 43.8 Å². The number of rotatable bonds is 5. The van der Waals surface area contributed by atoms with Crippen LogP contribution in [0.3, 0.4) is 0 Å². The summed E-state index contributed by atoms with van der Waals surface area (Å²) in [6.07, 6.45) is 5.85. The lowest BCUT2D eigenvalue weighted by Crippen LogP contribution is -2.38. The molecule has 1 unspecified atom stereocenters. The van der Waals surface area contributed by atoms with E-state index >= 15 is 0 Å². The van der Waals surface area contributed by atoms with E-state index in [1.54, 1.807) is 0 Å². The lowest BCUT2D eigenvalue weighted by molar-refractivity contribution is -0.127. The smallest absolute Gasteiger partial charge is 0.223 e. The molecule has 1 atom stereocenters. The minimum Gasteiger partial charge on any atom is -0.396 e. The molecule has 1 aliphatic heterocycles. The molecule has 0 aromatic rings. The number of likely N-dealkylation sites (N-methyl/N-ethyl adjacent to an activating group) is 1. The monoisotopic (exact) mass is 240 g/mol. The van der Waals surface area contributed by atoms with Gasteiger partial charge in [-0.05, 0) is 19.9 Å². The predicted octanol–water partition coefficient (Wildman–Crippen LogP) is 0.702. The Kier molecular flexibility index (Phi) is 4.40. The quantitative estimate of drug-likeness (QED) is 0.769. The molecule has 1 saturated heterocycles. The fourth-order valence-corrected chi connectivity index (χ4v) is 3.00. The summed E-state index contributed by atoms with van der Waals surface area (Å²) in [5.74, 6) is 0.378. The van der Waals surface area contributed by atoms with Gasteiger partial charge in [-0.3, -0.25) is 4.79 Å². The maximum absolute atomic E-state index is 11.7. The number of hydrogen-bond donors (Lipinski definition) is 1. The van der Waals surface area contributed by atoms with Crippen LogP contribution in [0.15, 0.2) is 0 Å². The van der Waals surface area contributed by atoms with E-state index < -0.39 is 0 Å². The molecule has 1 N–H and O–H groups in total. The third-order valence-electron chi connectivity index (χ3n) is 4.22. The molecule has 17 heavy (non-hydrogen) atoms. The maximum atomic E-state index is 11.7. The van der Waals surface area contributed by atoms with E-state index in [1.807, 2.05) is 4.90 Å². The zero-order valence-electron chi connectivity index (χ0n) is 10.8. The van der Waals surface area contributed by atoms with Crippen molar-refractivity contribution in [3.63, 3.8) is 0 Å². The van der Waals surface area contributed by atoms with Gasteiger partial charge in [0.1, 0.15) is 0 Å². The van der Waals surface area contributed by atoms with Crippen LogP contribution < -0.4 is 0 Å². The Hall–Kier alpha value is -0.610. The van der Waals surface area contributed by atoms with Crippen molar-refractivity contribution >= 4 is 5.91 Å². The highest BCUT2D eigenvalue weighted by Crippen LogP contribution is 2.22. The molecule has 1 aliphatic carbocycles. The summed E-state index contributed by atoms with van der Waals surface area (Å²) in [6.45, 7) is 2.67. The molecule has 1 saturated carbocycles. The molecule has 2 fully saturated rings. The zero-order valence-corrected chi connectivity index (χ0v) is 10.8. The molecular weight excluding hydrogens is 216 g/mol. The van der Waals surface area contributed by atoms with Crippen molar-refractivity contribution in [3.8, 4) is 0 Å². The first kappa shape index (κ1) is 12.8. The number of amides is 1. The first-order valence-corrected chi connectivity index (χ1v) is 6.79. The molecule has 0 aromatic heterocycles. The number of carbonyl (C=O) groups is 1. The van der Waals surface area contributed by atoms with E-state index in [0.717, 1.165) is 25.7 Å². The Morgan fingerprint density at radius 1 is 1.41 bits per heavy atom. The minimum atomic E-state index is 0.140. The highest BCUT2D eigenvalue weighted by atomic mass is 16.3. The number of aliphatic hydroxyl groups excluding tert-OH is 1. The molecule has 98 valence electrons. The van der Waals surface area contributed by atoms with E-state index in [0.29, 0.717) is 6.42 Å². The number of carbonyl (C=O) groups excluding carboxylic acids is 1. The van der Waals surface area contributed by atoms with E-state index in [2.05, 4.69) is 11.9 Å². The van der Waals surface area contributed by atoms with Crippen molar-refractivity contribution in [3.05, 3.63) is 0 Å². The SMILES string of the molecule is CN(CCN1CC(CO)CC1=O)C1CCCC1. The van der Waals surface area contributed by atoms with Crippen molar-refractivity contribution in [1.29, 1.82) is 0 Å². The molecule has 2 rings (SSSR count). The number of aliphatic hydroxyl groups is 1. The van der Waals surface area contributed by atoms with E-state index in [1.165, 1.54) is 25.7 Å². The van der Waals surface area contributed by atoms with Crippen LogP contribution in [0, 0.1) is 5.92 Å². The second kappa shape index (κ2) is 5.83. The van der Waals surface area contributed by atoms with Gasteiger partial charge in [-0.1, -0.05) is 12.8 Å². The molecule has 0 radical (unpaired) electrons. The van der Waals surface area contributed by atoms with Crippen LogP contribution in [0.2, 0.25) is 0 Å². The first-order chi connectivity index (χ1) is 8.20. The van der Waals surface area contributed by atoms with Gasteiger partial charge in [0.15, 0.2) is 0 Å². The van der Waals surface area contributed by atoms with Gasteiger partial charge < -0.3 is 14.9 Å². The van der Waals surface area contributed by atoms with Gasteiger partial charge >= 0.3 is 0 Å². The highest BCUT2D eigenvalue weighted by Gasteiger charge is 2.29. The Morgan fingerprint density at radius 2 is 2.12 bits per heavy atom. The lowest BCUT2D eigenvalue weighted by atomic mass is 10.1. The van der Waals surface area contributed by atoms with Crippen LogP contribution in [0.5, 0.6) is 0 Å². The second-order valence-corrected chi connectivity index (χ2v) is 5.51. The molecule has 1 amide bonds. The summed E-state index contributed by atoms with van der Waals surface area (Å²) < 4.78 is 0. The Balaban J connectivity index is 1.72. The zero-order chi connectivity index (χ0) is 12.3. The largest absolute Gasteiger partial charge is 0.396 e. The fraction of sp³-hybridized carbons (Fsp3) is 0.923. The van der Waals surface area contributed by atoms with Gasteiger partial charge in [0.25, 0.3) is 0 Å². The van der Waals surface area contributed by atoms with Crippen LogP contribution in [0.25, 0.3) is 0 Å². The molecule has 0 aromatic carbocycles. The number of hydrogen-bond acceptors (Lipinski definition) is 3. The third-order valence-corrected chi connectivity index (χ3v) is 4.22. The molecule has 4 nitrogen and oxygen atoms in total. The standard InChI is InChI=1S/C13H24N2O2/c1-14(12-4-2-3-5-12)6-7-15-9-11(10-16)8-13(15)17/h11-12,16H,2-10H2,1H3. The summed E-state index contributed by atoms with van der Waals surface area (Å²) in [7, 11) is 2.17. The third kappa shape index (κ3) is 3.19. The Bertz CT molecular complexity index is 264. The van der Waals surface area contributed by atoms with Crippen LogP contribution in [0.1, 0.15) is 32.1 Å². The summed E-state index contributed by atoms with van der Waals surface area (Å²) in [6, 6.07) is 0.723. The fourth-order valence-electron chi connectivity index (χ4n) is 3.00. The normalized spacial score (nSPS) is 26.4. The van der Waals surface area contributed by atoms with Crippen molar-refractivity contribution < 1.29 is 9.90 Å². The van der Waals surface area contributed by atoms with E-state index in [-0.39, 0.29) is 18.4 Å². The molecule has 1 heterocycles. The number of likely N-dealkylation sites (tertiary alicyclic amines) is 1. The van der Waals surface area contributed by atoms with Crippen LogP contribution >= 0.6 is 0 Å². The average Bonchev–Trinajstić information content (AvgIpc) is 2.95. The Labute approximate surface area is 104 Å². The van der Waals surface area contributed by atoms with Gasteiger partial charge in [0, 0.05) is 44.6 Å². The van der Waals surface area contributed by atoms with E-state index in [4.69, 9.17) is 5.11 Å². The minimum absolute atomic E-state index is 0.140. The van der Waals surface area contributed by atoms with Crippen LogP contribution in [0.4, 0.5) is 0 Å². The van der Waals surface area contributed by atoms with Gasteiger partial charge in [-0.25, -0.2) is 0 Å². The van der Waals surface area contributed by atoms with Gasteiger partial charge in [0.05, 0.1) is 0 Å². The van der Waals surface area contributed by atoms with Gasteiger partial charge in [-0.2, -0.15) is 0 Å². The molecule has 4 heteroatoms. The average molecular weight is 240 g/mol. The molecule has 2 aliphatic rings. The maximum Gasteiger partial charge on any atom is 0.223 e. The van der Waals surface area contributed by atoms with Gasteiger partial charge in [0.2, 0.25) is 5.91 Å². The lowest BCUT2D eigenvalue weighted by Gasteiger charge is -2.26. The van der Waals surface area contributed by atoms with Gasteiger partial charge in [-0.15, -0.1) is 0 Å². The highest BCUT2D eigenvalue weighted by molar-refractivity contribution is 5.78. The first-order valence-electron chi connectivity index (χ1n) is 6.79. The summed E-state index contributed by atoms with van der Waals surface area (Å²) in [5, 5.41) is 9.06. The molecule has 0 spiro atoms. The molecular formula is C13H24N2O2. The summed E-state index contributed by atoms with van der Waals surface area (Å²) >= 11 is 0. The summed E-state index contributed by atoms with van der Waals surface area (Å²) in [5.41, 5.74) is 0. The summed E-state index contributed by atoms with van der Waals surface area (Å²) in [4.78, 5) is 16.0. The number of nitrogens with zero attached hydrogens (tertiary/aromatic N) is 2. The van der Waals surface area contributed by atoms with Crippen molar-refractivity contribution in [1.82, 2.24) is 9.80 Å². The van der Waals surface area contributed by atoms with Crippen LogP contribution in [-0.4, -0.2) is 60.1 Å². The Morgan fingerprint density at radius 3 is 2.71 bits per heavy atom. The predicted molar refractivity (Wildman–Crippen MR) is 66.7 cm³/mol. The van der Waals surface area contributed by atoms with Crippen LogP contribution in [-0.2, 0) is 4.79 Å². The van der Waals surface area contributed by atoms with E-state index in [9.17, 15) is 4.79 Å². The second-order valence-electron chi connectivity index (χ2n) is 5.51. The molecule has 0 bridgehead atoms. The van der Waals surface area contributed by atoms with Crippen molar-refractivity contribution in [2.45, 2.75) is 38.1 Å².